The zero-order valence-corrected chi connectivity index (χ0v) is 19.2. The number of halogens is 1. The molecule has 2 aromatic heterocycles. The number of carbonyl (C=O) groups excluding carboxylic acids is 1. The third kappa shape index (κ3) is 4.62. The monoisotopic (exact) mass is 472 g/mol. The van der Waals surface area contributed by atoms with Crippen LogP contribution in [0.5, 0.6) is 0 Å². The summed E-state index contributed by atoms with van der Waals surface area (Å²) in [6.45, 7) is 6.51. The smallest absolute Gasteiger partial charge is 0.235 e. The molecule has 32 heavy (non-hydrogen) atoms. The summed E-state index contributed by atoms with van der Waals surface area (Å²) in [5.74, 6) is -0.239. The summed E-state index contributed by atoms with van der Waals surface area (Å²) in [7, 11) is 0. The minimum Gasteiger partial charge on any atom is -0.378 e. The molecule has 3 heterocycles. The van der Waals surface area contributed by atoms with Gasteiger partial charge in [0.15, 0.2) is 4.34 Å². The molecule has 1 aliphatic heterocycles. The molecule has 1 amide bonds. The van der Waals surface area contributed by atoms with Crippen LogP contribution >= 0.6 is 23.1 Å². The molecule has 1 aliphatic rings. The minimum absolute atomic E-state index is 0.106. The molecule has 166 valence electrons. The van der Waals surface area contributed by atoms with Crippen molar-refractivity contribution in [2.75, 3.05) is 42.3 Å². The van der Waals surface area contributed by atoms with Crippen LogP contribution in [0.3, 0.4) is 0 Å². The van der Waals surface area contributed by atoms with Crippen molar-refractivity contribution in [2.24, 2.45) is 0 Å². The fourth-order valence-electron chi connectivity index (χ4n) is 3.44. The topological polar surface area (TPSA) is 96.1 Å². The number of nitrogens with one attached hydrogen (secondary N) is 1. The summed E-state index contributed by atoms with van der Waals surface area (Å²) in [6, 6.07) is 8.20. The van der Waals surface area contributed by atoms with E-state index in [-0.39, 0.29) is 11.7 Å². The van der Waals surface area contributed by atoms with Gasteiger partial charge >= 0.3 is 0 Å². The molecule has 1 N–H and O–H groups in total. The van der Waals surface area contributed by atoms with Crippen molar-refractivity contribution < 1.29 is 13.9 Å². The lowest BCUT2D eigenvalue weighted by atomic mass is 10.2. The van der Waals surface area contributed by atoms with Gasteiger partial charge in [-0.1, -0.05) is 29.2 Å². The fourth-order valence-corrected chi connectivity index (χ4v) is 5.13. The number of thioether (sulfide) groups is 1. The number of hydrogen-bond donors (Lipinski definition) is 1. The van der Waals surface area contributed by atoms with Gasteiger partial charge in [-0.15, -0.1) is 10.2 Å². The molecule has 0 saturated carbocycles. The Balaban J connectivity index is 1.49. The number of aromatic nitrogens is 3. The first-order valence-corrected chi connectivity index (χ1v) is 11.7. The largest absolute Gasteiger partial charge is 0.378 e. The molecule has 3 aromatic rings. The molecular formula is C21H21FN6O2S2. The van der Waals surface area contributed by atoms with Crippen molar-refractivity contribution in [1.29, 1.82) is 5.26 Å². The number of nitrogens with zero attached hydrogens (tertiary/aromatic N) is 5. The molecule has 1 fully saturated rings. The Morgan fingerprint density at radius 2 is 2.12 bits per heavy atom. The minimum atomic E-state index is -0.396. The van der Waals surface area contributed by atoms with Crippen LogP contribution in [0.1, 0.15) is 16.8 Å². The first kappa shape index (κ1) is 22.3. The maximum atomic E-state index is 13.8. The van der Waals surface area contributed by atoms with Crippen LogP contribution in [-0.4, -0.2) is 52.7 Å². The number of nitriles is 1. The van der Waals surface area contributed by atoms with Crippen molar-refractivity contribution in [3.8, 4) is 11.8 Å². The SMILES string of the molecule is Cc1c(C#N)c(NC(=O)CSc2nnc(N3CCOCC3)s2)n(-c2cccc(F)c2)c1C. The lowest BCUT2D eigenvalue weighted by molar-refractivity contribution is -0.113. The predicted octanol–water partition coefficient (Wildman–Crippen LogP) is 3.52. The molecule has 11 heteroatoms. The highest BCUT2D eigenvalue weighted by molar-refractivity contribution is 8.01. The normalized spacial score (nSPS) is 13.8. The van der Waals surface area contributed by atoms with Gasteiger partial charge in [-0.05, 0) is 37.6 Å². The molecule has 0 radical (unpaired) electrons. The van der Waals surface area contributed by atoms with Gasteiger partial charge in [-0.25, -0.2) is 4.39 Å². The Morgan fingerprint density at radius 1 is 1.34 bits per heavy atom. The number of morpholine rings is 1. The fraction of sp³-hybridized carbons (Fsp3) is 0.333. The standard InChI is InChI=1S/C21H21FN6O2S2/c1-13-14(2)28(16-5-3-4-15(22)10-16)19(17(13)11-23)24-18(29)12-31-21-26-25-20(32-21)27-6-8-30-9-7-27/h3-5,10H,6-9,12H2,1-2H3,(H,24,29). The third-order valence-corrected chi connectivity index (χ3v) is 7.27. The van der Waals surface area contributed by atoms with Crippen molar-refractivity contribution in [2.45, 2.75) is 18.2 Å². The molecular weight excluding hydrogens is 451 g/mol. The van der Waals surface area contributed by atoms with E-state index in [1.165, 1.54) is 35.2 Å². The highest BCUT2D eigenvalue weighted by Crippen LogP contribution is 2.31. The van der Waals surface area contributed by atoms with Crippen LogP contribution < -0.4 is 10.2 Å². The second kappa shape index (κ2) is 9.68. The highest BCUT2D eigenvalue weighted by Gasteiger charge is 2.22. The van der Waals surface area contributed by atoms with Crippen LogP contribution in [0.4, 0.5) is 15.3 Å². The number of amides is 1. The van der Waals surface area contributed by atoms with E-state index < -0.39 is 5.82 Å². The van der Waals surface area contributed by atoms with E-state index in [9.17, 15) is 14.4 Å². The summed E-state index contributed by atoms with van der Waals surface area (Å²) >= 11 is 2.72. The first-order chi connectivity index (χ1) is 15.5. The Hall–Kier alpha value is -2.94. The molecule has 4 rings (SSSR count). The maximum absolute atomic E-state index is 13.8. The Morgan fingerprint density at radius 3 is 2.84 bits per heavy atom. The maximum Gasteiger partial charge on any atom is 0.235 e. The molecule has 0 unspecified atom stereocenters. The number of rotatable bonds is 6. The summed E-state index contributed by atoms with van der Waals surface area (Å²) in [5.41, 5.74) is 2.39. The summed E-state index contributed by atoms with van der Waals surface area (Å²) in [5, 5.41) is 21.7. The third-order valence-electron chi connectivity index (χ3n) is 5.15. The van der Waals surface area contributed by atoms with Crippen molar-refractivity contribution in [3.63, 3.8) is 0 Å². The van der Waals surface area contributed by atoms with Gasteiger partial charge in [0, 0.05) is 18.8 Å². The Labute approximate surface area is 193 Å². The number of hydrogen-bond acceptors (Lipinski definition) is 8. The number of ether oxygens (including phenoxy) is 1. The van der Waals surface area contributed by atoms with E-state index in [2.05, 4.69) is 26.5 Å². The van der Waals surface area contributed by atoms with Gasteiger partial charge in [0.1, 0.15) is 17.7 Å². The van der Waals surface area contributed by atoms with E-state index >= 15 is 0 Å². The van der Waals surface area contributed by atoms with Crippen LogP contribution in [0, 0.1) is 31.0 Å². The molecule has 1 aromatic carbocycles. The molecule has 0 aliphatic carbocycles. The summed E-state index contributed by atoms with van der Waals surface area (Å²) in [6.07, 6.45) is 0. The average molecular weight is 473 g/mol. The van der Waals surface area contributed by atoms with Gasteiger partial charge in [0.05, 0.1) is 30.2 Å². The van der Waals surface area contributed by atoms with E-state index in [1.54, 1.807) is 16.7 Å². The van der Waals surface area contributed by atoms with Gasteiger partial charge in [0.25, 0.3) is 0 Å². The van der Waals surface area contributed by atoms with Crippen molar-refractivity contribution in [3.05, 3.63) is 46.9 Å². The average Bonchev–Trinajstić information content (AvgIpc) is 3.36. The van der Waals surface area contributed by atoms with Gasteiger partial charge in [-0.3, -0.25) is 9.36 Å². The lowest BCUT2D eigenvalue weighted by Crippen LogP contribution is -2.36. The van der Waals surface area contributed by atoms with Gasteiger partial charge in [0.2, 0.25) is 11.0 Å². The predicted molar refractivity (Wildman–Crippen MR) is 122 cm³/mol. The zero-order chi connectivity index (χ0) is 22.7. The highest BCUT2D eigenvalue weighted by atomic mass is 32.2. The van der Waals surface area contributed by atoms with Gasteiger partial charge in [-0.2, -0.15) is 5.26 Å². The molecule has 8 nitrogen and oxygen atoms in total. The number of carbonyl (C=O) groups is 1. The number of anilines is 2. The summed E-state index contributed by atoms with van der Waals surface area (Å²) < 4.78 is 21.6. The van der Waals surface area contributed by atoms with E-state index in [1.807, 2.05) is 13.8 Å². The quantitative estimate of drug-likeness (QED) is 0.548. The van der Waals surface area contributed by atoms with E-state index in [4.69, 9.17) is 4.74 Å². The van der Waals surface area contributed by atoms with Gasteiger partial charge < -0.3 is 15.0 Å². The number of benzene rings is 1. The van der Waals surface area contributed by atoms with Crippen LogP contribution in [0.2, 0.25) is 0 Å². The Kier molecular flexibility index (Phi) is 6.74. The summed E-state index contributed by atoms with van der Waals surface area (Å²) in [4.78, 5) is 14.8. The molecule has 1 saturated heterocycles. The molecule has 0 spiro atoms. The second-order valence-electron chi connectivity index (χ2n) is 7.15. The zero-order valence-electron chi connectivity index (χ0n) is 17.6. The van der Waals surface area contributed by atoms with E-state index in [0.29, 0.717) is 34.6 Å². The van der Waals surface area contributed by atoms with Crippen molar-refractivity contribution in [1.82, 2.24) is 14.8 Å². The second-order valence-corrected chi connectivity index (χ2v) is 9.33. The van der Waals surface area contributed by atoms with Crippen LogP contribution in [0.25, 0.3) is 5.69 Å². The lowest BCUT2D eigenvalue weighted by Gasteiger charge is -2.25. The van der Waals surface area contributed by atoms with Crippen molar-refractivity contribution >= 4 is 40.0 Å². The van der Waals surface area contributed by atoms with E-state index in [0.717, 1.165) is 29.5 Å². The molecule has 0 atom stereocenters. The van der Waals surface area contributed by atoms with Crippen LogP contribution in [0.15, 0.2) is 28.6 Å². The Bertz CT molecular complexity index is 1180. The first-order valence-electron chi connectivity index (χ1n) is 9.94. The molecule has 0 bridgehead atoms. The van der Waals surface area contributed by atoms with Crippen LogP contribution in [-0.2, 0) is 9.53 Å².